The van der Waals surface area contributed by atoms with E-state index < -0.39 is 0 Å². The Bertz CT molecular complexity index is 168. The van der Waals surface area contributed by atoms with Crippen LogP contribution in [0.4, 0.5) is 0 Å². The van der Waals surface area contributed by atoms with Crippen LogP contribution in [0.25, 0.3) is 0 Å². The zero-order valence-corrected chi connectivity index (χ0v) is 12.0. The summed E-state index contributed by atoms with van der Waals surface area (Å²) in [4.78, 5) is 0. The number of rotatable bonds is 3. The molecule has 0 atom stereocenters. The highest BCUT2D eigenvalue weighted by atomic mass is 14.0. The molecule has 0 aliphatic heterocycles. The molecule has 90 valence electrons. The van der Waals surface area contributed by atoms with E-state index in [2.05, 4.69) is 39.0 Å². The van der Waals surface area contributed by atoms with Gasteiger partial charge in [0, 0.05) is 0 Å². The lowest BCUT2D eigenvalue weighted by atomic mass is 10.0. The maximum atomic E-state index is 2.20. The van der Waals surface area contributed by atoms with Crippen LogP contribution in [0, 0.1) is 5.92 Å². The molecule has 0 N–H and O–H groups in total. The summed E-state index contributed by atoms with van der Waals surface area (Å²) in [6.07, 6.45) is 10.5. The number of allylic oxidation sites excluding steroid dienone is 6. The maximum absolute atomic E-state index is 2.20. The zero-order chi connectivity index (χ0) is 12.7. The summed E-state index contributed by atoms with van der Waals surface area (Å²) in [5.41, 5.74) is 1.39. The monoisotopic (exact) mass is 210 g/mol. The van der Waals surface area contributed by atoms with Crippen LogP contribution >= 0.6 is 0 Å². The summed E-state index contributed by atoms with van der Waals surface area (Å²) in [7, 11) is 0. The molecule has 0 heterocycles. The third-order valence-electron chi connectivity index (χ3n) is 1.59. The van der Waals surface area contributed by atoms with Crippen LogP contribution in [0.15, 0.2) is 36.0 Å². The zero-order valence-electron chi connectivity index (χ0n) is 12.0. The van der Waals surface area contributed by atoms with Crippen molar-refractivity contribution in [2.75, 3.05) is 0 Å². The van der Waals surface area contributed by atoms with E-state index in [4.69, 9.17) is 0 Å². The largest absolute Gasteiger partial charge is 0.0877 e. The fraction of sp³-hybridized carbons (Fsp3) is 0.600. The highest BCUT2D eigenvalue weighted by Gasteiger charge is 1.94. The molecule has 0 saturated heterocycles. The molecule has 0 nitrogen and oxygen atoms in total. The van der Waals surface area contributed by atoms with Gasteiger partial charge in [0.2, 0.25) is 0 Å². The van der Waals surface area contributed by atoms with Gasteiger partial charge in [-0.3, -0.25) is 0 Å². The average Bonchev–Trinajstić information content (AvgIpc) is 2.29. The number of hydrogen-bond donors (Lipinski definition) is 0. The first-order valence-corrected chi connectivity index (χ1v) is 6.18. The second-order valence-corrected chi connectivity index (χ2v) is 2.83. The Morgan fingerprint density at radius 3 is 1.60 bits per heavy atom. The molecule has 0 radical (unpaired) electrons. The van der Waals surface area contributed by atoms with Gasteiger partial charge < -0.3 is 0 Å². The SMILES string of the molecule is CC.CC.C\C=C/C=C\C(=C\C)C(C)C. The molecular weight excluding hydrogens is 180 g/mol. The molecule has 0 heteroatoms. The second-order valence-electron chi connectivity index (χ2n) is 2.83. The van der Waals surface area contributed by atoms with Crippen LogP contribution in [0.3, 0.4) is 0 Å². The molecule has 0 aromatic carbocycles. The Hall–Kier alpha value is -0.780. The molecule has 0 aliphatic carbocycles. The first-order chi connectivity index (χ1) is 7.22. The van der Waals surface area contributed by atoms with Gasteiger partial charge in [0.15, 0.2) is 0 Å². The molecule has 0 aliphatic rings. The maximum Gasteiger partial charge on any atom is -0.0222 e. The minimum Gasteiger partial charge on any atom is -0.0877 e. The van der Waals surface area contributed by atoms with Crippen LogP contribution in [0.2, 0.25) is 0 Å². The average molecular weight is 210 g/mol. The molecule has 0 bridgehead atoms. The summed E-state index contributed by atoms with van der Waals surface area (Å²) >= 11 is 0. The minimum absolute atomic E-state index is 0.626. The third-order valence-corrected chi connectivity index (χ3v) is 1.59. The van der Waals surface area contributed by atoms with Crippen molar-refractivity contribution in [2.24, 2.45) is 5.92 Å². The van der Waals surface area contributed by atoms with E-state index in [0.29, 0.717) is 5.92 Å². The van der Waals surface area contributed by atoms with Gasteiger partial charge in [-0.2, -0.15) is 0 Å². The minimum atomic E-state index is 0.626. The van der Waals surface area contributed by atoms with Crippen LogP contribution < -0.4 is 0 Å². The van der Waals surface area contributed by atoms with Gasteiger partial charge >= 0.3 is 0 Å². The summed E-state index contributed by atoms with van der Waals surface area (Å²) in [6, 6.07) is 0. The molecule has 0 spiro atoms. The van der Waals surface area contributed by atoms with E-state index >= 15 is 0 Å². The van der Waals surface area contributed by atoms with Crippen LogP contribution in [0.1, 0.15) is 55.4 Å². The van der Waals surface area contributed by atoms with Gasteiger partial charge in [0.25, 0.3) is 0 Å². The lowest BCUT2D eigenvalue weighted by molar-refractivity contribution is 0.789. The predicted molar refractivity (Wildman–Crippen MR) is 75.2 cm³/mol. The van der Waals surface area contributed by atoms with E-state index in [0.717, 1.165) is 0 Å². The molecule has 0 rings (SSSR count). The quantitative estimate of drug-likeness (QED) is 0.518. The highest BCUT2D eigenvalue weighted by molar-refractivity contribution is 5.22. The summed E-state index contributed by atoms with van der Waals surface area (Å²) in [5.74, 6) is 0.626. The van der Waals surface area contributed by atoms with Gasteiger partial charge in [-0.15, -0.1) is 0 Å². The normalized spacial score (nSPS) is 11.1. The van der Waals surface area contributed by atoms with Gasteiger partial charge in [-0.05, 0) is 25.3 Å². The number of hydrogen-bond acceptors (Lipinski definition) is 0. The molecule has 0 aromatic heterocycles. The Morgan fingerprint density at radius 1 is 0.867 bits per heavy atom. The standard InChI is InChI=1S/C11H18.2C2H6/c1-5-7-8-9-11(6-2)10(3)4;2*1-2/h5-10H,1-4H3;2*1-2H3/b7-5-,9-8-,11-6-;;. The fourth-order valence-electron chi connectivity index (χ4n) is 0.900. The Balaban J connectivity index is -0.000000318. The van der Waals surface area contributed by atoms with Gasteiger partial charge in [-0.1, -0.05) is 71.9 Å². The molecule has 15 heavy (non-hydrogen) atoms. The van der Waals surface area contributed by atoms with Crippen molar-refractivity contribution in [2.45, 2.75) is 55.4 Å². The van der Waals surface area contributed by atoms with E-state index in [9.17, 15) is 0 Å². The molecule has 0 aromatic rings. The van der Waals surface area contributed by atoms with Crippen LogP contribution in [0.5, 0.6) is 0 Å². The Labute approximate surface area is 97.8 Å². The van der Waals surface area contributed by atoms with Crippen molar-refractivity contribution >= 4 is 0 Å². The van der Waals surface area contributed by atoms with Crippen molar-refractivity contribution in [1.29, 1.82) is 0 Å². The Kier molecular flexibility index (Phi) is 24.9. The fourth-order valence-corrected chi connectivity index (χ4v) is 0.900. The third kappa shape index (κ3) is 15.9. The van der Waals surface area contributed by atoms with Crippen LogP contribution in [-0.4, -0.2) is 0 Å². The van der Waals surface area contributed by atoms with Gasteiger partial charge in [0.1, 0.15) is 0 Å². The highest BCUT2D eigenvalue weighted by Crippen LogP contribution is 2.10. The van der Waals surface area contributed by atoms with E-state index in [-0.39, 0.29) is 0 Å². The lowest BCUT2D eigenvalue weighted by Gasteiger charge is -2.03. The van der Waals surface area contributed by atoms with Crippen molar-refractivity contribution in [3.8, 4) is 0 Å². The topological polar surface area (TPSA) is 0 Å². The van der Waals surface area contributed by atoms with Crippen LogP contribution in [-0.2, 0) is 0 Å². The molecular formula is C15H30. The van der Waals surface area contributed by atoms with Crippen molar-refractivity contribution in [3.05, 3.63) is 36.0 Å². The Morgan fingerprint density at radius 2 is 1.33 bits per heavy atom. The summed E-state index contributed by atoms with van der Waals surface area (Å²) < 4.78 is 0. The first kappa shape index (κ1) is 19.7. The molecule has 0 amide bonds. The predicted octanol–water partition coefficient (Wildman–Crippen LogP) is 5.77. The molecule has 0 saturated carbocycles. The van der Waals surface area contributed by atoms with Crippen molar-refractivity contribution in [1.82, 2.24) is 0 Å². The first-order valence-electron chi connectivity index (χ1n) is 6.18. The van der Waals surface area contributed by atoms with Gasteiger partial charge in [0.05, 0.1) is 0 Å². The summed E-state index contributed by atoms with van der Waals surface area (Å²) in [5, 5.41) is 0. The molecule has 0 fully saturated rings. The van der Waals surface area contributed by atoms with Crippen molar-refractivity contribution < 1.29 is 0 Å². The van der Waals surface area contributed by atoms with E-state index in [1.165, 1.54) is 5.57 Å². The summed E-state index contributed by atoms with van der Waals surface area (Å²) in [6.45, 7) is 16.5. The van der Waals surface area contributed by atoms with Gasteiger partial charge in [-0.25, -0.2) is 0 Å². The molecule has 0 unspecified atom stereocenters. The van der Waals surface area contributed by atoms with Crippen molar-refractivity contribution in [3.63, 3.8) is 0 Å². The lowest BCUT2D eigenvalue weighted by Crippen LogP contribution is -1.88. The van der Waals surface area contributed by atoms with E-state index in [1.54, 1.807) is 0 Å². The second kappa shape index (κ2) is 18.9. The smallest absolute Gasteiger partial charge is 0.0222 e. The van der Waals surface area contributed by atoms with E-state index in [1.807, 2.05) is 46.8 Å².